The smallest absolute Gasteiger partial charge is 0.175 e. The summed E-state index contributed by atoms with van der Waals surface area (Å²) in [4.78, 5) is 2.87. The Morgan fingerprint density at radius 3 is 2.31 bits per heavy atom. The van der Waals surface area contributed by atoms with Crippen molar-refractivity contribution in [2.24, 2.45) is 0 Å². The fraction of sp³-hybridized carbons (Fsp3) is 0.250. The van der Waals surface area contributed by atoms with Crippen molar-refractivity contribution < 1.29 is 8.42 Å². The molecule has 2 aliphatic heterocycles. The van der Waals surface area contributed by atoms with E-state index in [-0.39, 0.29) is 5.41 Å². The Morgan fingerprint density at radius 1 is 0.931 bits per heavy atom. The molecule has 3 aromatic rings. The third kappa shape index (κ3) is 3.20. The lowest BCUT2D eigenvalue weighted by atomic mass is 9.70. The third-order valence-corrected chi connectivity index (χ3v) is 7.76. The maximum atomic E-state index is 11.7. The van der Waals surface area contributed by atoms with E-state index in [0.717, 1.165) is 42.2 Å². The summed E-state index contributed by atoms with van der Waals surface area (Å²) in [5, 5.41) is 0.768. The van der Waals surface area contributed by atoms with Gasteiger partial charge in [-0.1, -0.05) is 48.0 Å². The molecule has 3 aromatic carbocycles. The Balaban J connectivity index is 1.57. The minimum atomic E-state index is -3.18. The predicted molar refractivity (Wildman–Crippen MR) is 117 cm³/mol. The van der Waals surface area contributed by atoms with Crippen LogP contribution in [0.15, 0.2) is 71.6 Å². The molecule has 1 fully saturated rings. The lowest BCUT2D eigenvalue weighted by Gasteiger charge is -2.37. The maximum Gasteiger partial charge on any atom is 0.175 e. The lowest BCUT2D eigenvalue weighted by molar-refractivity contribution is 0.295. The van der Waals surface area contributed by atoms with Crippen molar-refractivity contribution in [2.45, 2.75) is 23.3 Å². The SMILES string of the molecule is CS(=O)(=O)c1ccc(-c2ccc3c(c2)CN2CCC3(c3ccc(Cl)cc3)C2)cc1. The molecular formula is C24H22ClNO2S. The molecular weight excluding hydrogens is 402 g/mol. The van der Waals surface area contributed by atoms with Gasteiger partial charge >= 0.3 is 0 Å². The van der Waals surface area contributed by atoms with E-state index in [1.807, 2.05) is 24.3 Å². The monoisotopic (exact) mass is 423 g/mol. The first kappa shape index (κ1) is 18.9. The quantitative estimate of drug-likeness (QED) is 0.600. The first-order valence-corrected chi connectivity index (χ1v) is 12.0. The van der Waals surface area contributed by atoms with E-state index in [9.17, 15) is 8.42 Å². The van der Waals surface area contributed by atoms with Gasteiger partial charge in [0.2, 0.25) is 0 Å². The summed E-state index contributed by atoms with van der Waals surface area (Å²) >= 11 is 6.13. The second-order valence-corrected chi connectivity index (χ2v) is 10.7. The van der Waals surface area contributed by atoms with Gasteiger partial charge in [-0.15, -0.1) is 0 Å². The molecule has 2 aliphatic rings. The Labute approximate surface area is 176 Å². The Hall–Kier alpha value is -2.14. The molecule has 5 rings (SSSR count). The maximum absolute atomic E-state index is 11.7. The minimum Gasteiger partial charge on any atom is -0.298 e. The molecule has 0 aliphatic carbocycles. The van der Waals surface area contributed by atoms with Crippen LogP contribution in [0.25, 0.3) is 11.1 Å². The van der Waals surface area contributed by atoms with Gasteiger partial charge in [0.15, 0.2) is 9.84 Å². The largest absolute Gasteiger partial charge is 0.298 e. The molecule has 0 amide bonds. The average molecular weight is 424 g/mol. The fourth-order valence-corrected chi connectivity index (χ4v) is 5.67. The molecule has 29 heavy (non-hydrogen) atoms. The molecule has 0 radical (unpaired) electrons. The van der Waals surface area contributed by atoms with Crippen LogP contribution < -0.4 is 0 Å². The van der Waals surface area contributed by atoms with E-state index >= 15 is 0 Å². The highest BCUT2D eigenvalue weighted by Gasteiger charge is 2.45. The molecule has 148 valence electrons. The van der Waals surface area contributed by atoms with Crippen LogP contribution >= 0.6 is 11.6 Å². The van der Waals surface area contributed by atoms with Crippen molar-refractivity contribution in [3.63, 3.8) is 0 Å². The number of hydrogen-bond donors (Lipinski definition) is 0. The highest BCUT2D eigenvalue weighted by atomic mass is 35.5. The zero-order valence-corrected chi connectivity index (χ0v) is 17.8. The molecule has 0 spiro atoms. The van der Waals surface area contributed by atoms with E-state index in [1.165, 1.54) is 22.9 Å². The van der Waals surface area contributed by atoms with E-state index in [4.69, 9.17) is 11.6 Å². The van der Waals surface area contributed by atoms with Gasteiger partial charge in [0.25, 0.3) is 0 Å². The number of fused-ring (bicyclic) bond motifs is 4. The van der Waals surface area contributed by atoms with E-state index in [1.54, 1.807) is 12.1 Å². The zero-order chi connectivity index (χ0) is 20.2. The summed E-state index contributed by atoms with van der Waals surface area (Å²) in [6.45, 7) is 3.10. The molecule has 2 heterocycles. The predicted octanol–water partition coefficient (Wildman–Crippen LogP) is 4.92. The second-order valence-electron chi connectivity index (χ2n) is 8.22. The van der Waals surface area contributed by atoms with Crippen molar-refractivity contribution in [3.8, 4) is 11.1 Å². The summed E-state index contributed by atoms with van der Waals surface area (Å²) in [5.41, 5.74) is 6.27. The molecule has 2 unspecified atom stereocenters. The van der Waals surface area contributed by atoms with E-state index < -0.39 is 9.84 Å². The van der Waals surface area contributed by atoms with Crippen LogP contribution in [0.1, 0.15) is 23.1 Å². The Morgan fingerprint density at radius 2 is 1.62 bits per heavy atom. The summed E-state index contributed by atoms with van der Waals surface area (Å²) < 4.78 is 23.5. The van der Waals surface area contributed by atoms with Crippen LogP contribution in [-0.4, -0.2) is 32.7 Å². The molecule has 2 atom stereocenters. The Bertz CT molecular complexity index is 1190. The van der Waals surface area contributed by atoms with Gasteiger partial charge in [0, 0.05) is 29.8 Å². The Kier molecular flexibility index (Phi) is 4.35. The van der Waals surface area contributed by atoms with Gasteiger partial charge in [-0.05, 0) is 71.1 Å². The van der Waals surface area contributed by atoms with Crippen molar-refractivity contribution in [2.75, 3.05) is 19.3 Å². The van der Waals surface area contributed by atoms with Crippen LogP contribution in [0.2, 0.25) is 5.02 Å². The molecule has 0 aromatic heterocycles. The summed E-state index contributed by atoms with van der Waals surface area (Å²) in [6, 6.07) is 22.2. The standard InChI is InChI=1S/C24H22ClNO2S/c1-29(27,28)22-9-2-17(3-10-22)18-4-11-23-19(14-18)15-26-13-12-24(23,16-26)20-5-7-21(25)8-6-20/h2-11,14H,12-13,15-16H2,1H3. The normalized spacial score (nSPS) is 23.0. The van der Waals surface area contributed by atoms with Gasteiger partial charge in [-0.3, -0.25) is 4.90 Å². The number of halogens is 1. The van der Waals surface area contributed by atoms with Gasteiger partial charge in [0.1, 0.15) is 0 Å². The number of nitrogens with zero attached hydrogens (tertiary/aromatic N) is 1. The fourth-order valence-electron chi connectivity index (χ4n) is 4.91. The second kappa shape index (κ2) is 6.69. The van der Waals surface area contributed by atoms with Crippen molar-refractivity contribution in [3.05, 3.63) is 88.4 Å². The molecule has 5 heteroatoms. The van der Waals surface area contributed by atoms with E-state index in [2.05, 4.69) is 35.2 Å². The van der Waals surface area contributed by atoms with Gasteiger partial charge < -0.3 is 0 Å². The highest BCUT2D eigenvalue weighted by molar-refractivity contribution is 7.90. The van der Waals surface area contributed by atoms with Crippen LogP contribution in [0.4, 0.5) is 0 Å². The summed E-state index contributed by atoms with van der Waals surface area (Å²) in [7, 11) is -3.18. The first-order chi connectivity index (χ1) is 13.8. The minimum absolute atomic E-state index is 0.0247. The van der Waals surface area contributed by atoms with E-state index in [0.29, 0.717) is 4.90 Å². The van der Waals surface area contributed by atoms with Crippen LogP contribution in [0.3, 0.4) is 0 Å². The number of hydrogen-bond acceptors (Lipinski definition) is 3. The molecule has 3 nitrogen and oxygen atoms in total. The van der Waals surface area contributed by atoms with Crippen LogP contribution in [-0.2, 0) is 21.8 Å². The zero-order valence-electron chi connectivity index (χ0n) is 16.2. The van der Waals surface area contributed by atoms with Crippen molar-refractivity contribution in [1.82, 2.24) is 4.90 Å². The van der Waals surface area contributed by atoms with Gasteiger partial charge in [0.05, 0.1) is 4.90 Å². The summed E-state index contributed by atoms with van der Waals surface area (Å²) in [6.07, 6.45) is 2.35. The molecule has 2 bridgehead atoms. The summed E-state index contributed by atoms with van der Waals surface area (Å²) in [5.74, 6) is 0. The van der Waals surface area contributed by atoms with Crippen molar-refractivity contribution in [1.29, 1.82) is 0 Å². The van der Waals surface area contributed by atoms with Crippen LogP contribution in [0, 0.1) is 0 Å². The molecule has 1 saturated heterocycles. The number of benzene rings is 3. The third-order valence-electron chi connectivity index (χ3n) is 6.38. The highest BCUT2D eigenvalue weighted by Crippen LogP contribution is 2.47. The topological polar surface area (TPSA) is 37.4 Å². The molecule has 0 N–H and O–H groups in total. The molecule has 0 saturated carbocycles. The van der Waals surface area contributed by atoms with Crippen LogP contribution in [0.5, 0.6) is 0 Å². The lowest BCUT2D eigenvalue weighted by Crippen LogP contribution is -2.37. The first-order valence-electron chi connectivity index (χ1n) is 9.77. The van der Waals surface area contributed by atoms with Crippen molar-refractivity contribution >= 4 is 21.4 Å². The van der Waals surface area contributed by atoms with Gasteiger partial charge in [-0.2, -0.15) is 0 Å². The average Bonchev–Trinajstić information content (AvgIpc) is 3.06. The number of rotatable bonds is 3. The number of sulfone groups is 1. The van der Waals surface area contributed by atoms with Gasteiger partial charge in [-0.25, -0.2) is 8.42 Å².